The van der Waals surface area contributed by atoms with E-state index in [9.17, 15) is 18.0 Å². The van der Waals surface area contributed by atoms with Crippen LogP contribution in [0.2, 0.25) is 0 Å². The van der Waals surface area contributed by atoms with Gasteiger partial charge in [0.05, 0.1) is 22.9 Å². The van der Waals surface area contributed by atoms with E-state index in [4.69, 9.17) is 4.74 Å². The summed E-state index contributed by atoms with van der Waals surface area (Å²) in [7, 11) is 0. The Bertz CT molecular complexity index is 481. The molecule has 1 N–H and O–H groups in total. The molecule has 0 aliphatic carbocycles. The maximum atomic E-state index is 12.8. The summed E-state index contributed by atoms with van der Waals surface area (Å²) in [4.78, 5) is 15.3. The molecule has 1 rings (SSSR count). The maximum absolute atomic E-state index is 12.8. The number of rotatable bonds is 7. The first kappa shape index (κ1) is 17.6. The monoisotopic (exact) mass is 322 g/mol. The van der Waals surface area contributed by atoms with Crippen LogP contribution in [0.25, 0.3) is 0 Å². The van der Waals surface area contributed by atoms with Crippen LogP contribution in [0, 0.1) is 0 Å². The fourth-order valence-electron chi connectivity index (χ4n) is 1.42. The number of halogens is 3. The summed E-state index contributed by atoms with van der Waals surface area (Å²) in [5.74, 6) is -0.405. The fourth-order valence-corrected chi connectivity index (χ4v) is 2.14. The van der Waals surface area contributed by atoms with Crippen LogP contribution in [0.5, 0.6) is 0 Å². The van der Waals surface area contributed by atoms with Crippen molar-refractivity contribution in [2.75, 3.05) is 24.2 Å². The minimum absolute atomic E-state index is 0.0740. The van der Waals surface area contributed by atoms with Crippen molar-refractivity contribution in [1.82, 2.24) is 4.98 Å². The van der Waals surface area contributed by atoms with Gasteiger partial charge in [-0.05, 0) is 25.5 Å². The van der Waals surface area contributed by atoms with Gasteiger partial charge in [-0.15, -0.1) is 0 Å². The normalized spacial score (nSPS) is 11.3. The third-order valence-electron chi connectivity index (χ3n) is 2.33. The second-order valence-corrected chi connectivity index (χ2v) is 5.09. The number of pyridine rings is 1. The zero-order valence-electron chi connectivity index (χ0n) is 11.8. The van der Waals surface area contributed by atoms with Crippen molar-refractivity contribution in [2.45, 2.75) is 31.5 Å². The molecule has 0 aliphatic rings. The Labute approximate surface area is 125 Å². The largest absolute Gasteiger partial charge is 0.465 e. The molecule has 0 atom stereocenters. The number of alkyl halides is 3. The number of anilines is 1. The van der Waals surface area contributed by atoms with Gasteiger partial charge in [-0.2, -0.15) is 13.2 Å². The lowest BCUT2D eigenvalue weighted by Crippen LogP contribution is -2.10. The lowest BCUT2D eigenvalue weighted by Gasteiger charge is -2.12. The SMILES string of the molecule is CCCNc1cc(C(F)(F)F)cc(SCC(=O)OCC)n1. The third kappa shape index (κ3) is 6.24. The maximum Gasteiger partial charge on any atom is 0.416 e. The van der Waals surface area contributed by atoms with Crippen molar-refractivity contribution in [3.8, 4) is 0 Å². The molecule has 0 aliphatic heterocycles. The predicted molar refractivity (Wildman–Crippen MR) is 75.4 cm³/mol. The number of nitrogens with zero attached hydrogens (tertiary/aromatic N) is 1. The Kier molecular flexibility index (Phi) is 6.80. The van der Waals surface area contributed by atoms with Gasteiger partial charge in [-0.1, -0.05) is 18.7 Å². The van der Waals surface area contributed by atoms with Gasteiger partial charge in [0.25, 0.3) is 0 Å². The zero-order chi connectivity index (χ0) is 15.9. The molecule has 21 heavy (non-hydrogen) atoms. The molecule has 0 fully saturated rings. The van der Waals surface area contributed by atoms with E-state index in [0.29, 0.717) is 6.54 Å². The number of hydrogen-bond acceptors (Lipinski definition) is 5. The first-order chi connectivity index (χ1) is 9.86. The first-order valence-electron chi connectivity index (χ1n) is 6.48. The average Bonchev–Trinajstić information content (AvgIpc) is 2.42. The summed E-state index contributed by atoms with van der Waals surface area (Å²) in [6.07, 6.45) is -3.69. The highest BCUT2D eigenvalue weighted by atomic mass is 32.2. The smallest absolute Gasteiger partial charge is 0.416 e. The van der Waals surface area contributed by atoms with Gasteiger partial charge in [0.1, 0.15) is 5.82 Å². The van der Waals surface area contributed by atoms with Gasteiger partial charge in [0, 0.05) is 6.54 Å². The topological polar surface area (TPSA) is 51.2 Å². The van der Waals surface area contributed by atoms with Crippen LogP contribution in [0.15, 0.2) is 17.2 Å². The highest BCUT2D eigenvalue weighted by Gasteiger charge is 2.31. The van der Waals surface area contributed by atoms with E-state index >= 15 is 0 Å². The molecule has 0 bridgehead atoms. The Balaban J connectivity index is 2.88. The number of nitrogens with one attached hydrogen (secondary N) is 1. The van der Waals surface area contributed by atoms with Crippen LogP contribution in [0.1, 0.15) is 25.8 Å². The van der Waals surface area contributed by atoms with E-state index in [1.54, 1.807) is 6.92 Å². The molecule has 4 nitrogen and oxygen atoms in total. The molecule has 0 amide bonds. The summed E-state index contributed by atoms with van der Waals surface area (Å²) in [5, 5.41) is 2.96. The van der Waals surface area contributed by atoms with Crippen LogP contribution in [0.3, 0.4) is 0 Å². The van der Waals surface area contributed by atoms with Crippen LogP contribution >= 0.6 is 11.8 Å². The van der Waals surface area contributed by atoms with Crippen molar-refractivity contribution in [3.63, 3.8) is 0 Å². The van der Waals surface area contributed by atoms with Crippen molar-refractivity contribution >= 4 is 23.5 Å². The lowest BCUT2D eigenvalue weighted by molar-refractivity contribution is -0.140. The Morgan fingerprint density at radius 2 is 2.10 bits per heavy atom. The molecule has 0 saturated heterocycles. The molecule has 1 heterocycles. The summed E-state index contributed by atoms with van der Waals surface area (Å²) in [6, 6.07) is 1.89. The van der Waals surface area contributed by atoms with E-state index in [2.05, 4.69) is 10.3 Å². The van der Waals surface area contributed by atoms with Gasteiger partial charge < -0.3 is 10.1 Å². The van der Waals surface area contributed by atoms with Crippen molar-refractivity contribution in [3.05, 3.63) is 17.7 Å². The summed E-state index contributed by atoms with van der Waals surface area (Å²) in [5.41, 5.74) is -0.789. The molecule has 0 saturated carbocycles. The van der Waals surface area contributed by atoms with Gasteiger partial charge >= 0.3 is 12.1 Å². The second kappa shape index (κ2) is 8.11. The van der Waals surface area contributed by atoms with Crippen molar-refractivity contribution in [1.29, 1.82) is 0 Å². The molecule has 0 spiro atoms. The first-order valence-corrected chi connectivity index (χ1v) is 7.47. The number of hydrogen-bond donors (Lipinski definition) is 1. The van der Waals surface area contributed by atoms with Gasteiger partial charge in [0.2, 0.25) is 0 Å². The molecular formula is C13H17F3N2O2S. The Hall–Kier alpha value is -1.44. The Morgan fingerprint density at radius 1 is 1.38 bits per heavy atom. The van der Waals surface area contributed by atoms with Gasteiger partial charge in [-0.3, -0.25) is 4.79 Å². The molecular weight excluding hydrogens is 305 g/mol. The Morgan fingerprint density at radius 3 is 2.67 bits per heavy atom. The van der Waals surface area contributed by atoms with Crippen LogP contribution in [-0.4, -0.2) is 29.9 Å². The summed E-state index contributed by atoms with van der Waals surface area (Å²) < 4.78 is 43.2. The number of aromatic nitrogens is 1. The number of thioether (sulfide) groups is 1. The molecule has 0 unspecified atom stereocenters. The van der Waals surface area contributed by atoms with E-state index in [-0.39, 0.29) is 23.2 Å². The minimum atomic E-state index is -4.45. The quantitative estimate of drug-likeness (QED) is 0.614. The molecule has 1 aromatic rings. The minimum Gasteiger partial charge on any atom is -0.465 e. The second-order valence-electron chi connectivity index (χ2n) is 4.10. The number of carbonyl (C=O) groups excluding carboxylic acids is 1. The highest BCUT2D eigenvalue weighted by molar-refractivity contribution is 7.99. The van der Waals surface area contributed by atoms with E-state index in [1.165, 1.54) is 0 Å². The number of carbonyl (C=O) groups is 1. The summed E-state index contributed by atoms with van der Waals surface area (Å²) >= 11 is 0.921. The van der Waals surface area contributed by atoms with Crippen LogP contribution < -0.4 is 5.32 Å². The fraction of sp³-hybridized carbons (Fsp3) is 0.538. The number of esters is 1. The molecule has 0 radical (unpaired) electrons. The van der Waals surface area contributed by atoms with Crippen molar-refractivity contribution in [2.24, 2.45) is 0 Å². The molecule has 1 aromatic heterocycles. The number of ether oxygens (including phenoxy) is 1. The lowest BCUT2D eigenvalue weighted by atomic mass is 10.2. The summed E-state index contributed by atoms with van der Waals surface area (Å²) in [6.45, 7) is 4.32. The van der Waals surface area contributed by atoms with Crippen LogP contribution in [0.4, 0.5) is 19.0 Å². The molecule has 0 aromatic carbocycles. The molecule has 118 valence electrons. The van der Waals surface area contributed by atoms with E-state index < -0.39 is 17.7 Å². The van der Waals surface area contributed by atoms with Gasteiger partial charge in [-0.25, -0.2) is 4.98 Å². The van der Waals surface area contributed by atoms with Crippen molar-refractivity contribution < 1.29 is 22.7 Å². The van der Waals surface area contributed by atoms with Gasteiger partial charge in [0.15, 0.2) is 0 Å². The van der Waals surface area contributed by atoms with Crippen LogP contribution in [-0.2, 0) is 15.7 Å². The van der Waals surface area contributed by atoms with E-state index in [1.807, 2.05) is 6.92 Å². The highest BCUT2D eigenvalue weighted by Crippen LogP contribution is 2.33. The zero-order valence-corrected chi connectivity index (χ0v) is 12.6. The standard InChI is InChI=1S/C13H17F3N2O2S/c1-3-5-17-10-6-9(13(14,15)16)7-11(18-10)21-8-12(19)20-4-2/h6-7H,3-5,8H2,1-2H3,(H,17,18). The molecule has 8 heteroatoms. The predicted octanol–water partition coefficient (Wildman–Crippen LogP) is 3.58. The third-order valence-corrected chi connectivity index (χ3v) is 3.21. The average molecular weight is 322 g/mol. The van der Waals surface area contributed by atoms with E-state index in [0.717, 1.165) is 30.3 Å².